The Hall–Kier alpha value is -2.19. The van der Waals surface area contributed by atoms with Crippen LogP contribution in [0.5, 0.6) is 5.75 Å². The van der Waals surface area contributed by atoms with Gasteiger partial charge in [0, 0.05) is 18.5 Å². The molecule has 0 aliphatic heterocycles. The Morgan fingerprint density at radius 3 is 2.82 bits per heavy atom. The Labute approximate surface area is 131 Å². The van der Waals surface area contributed by atoms with E-state index in [9.17, 15) is 8.42 Å². The predicted molar refractivity (Wildman–Crippen MR) is 87.9 cm³/mol. The number of nitrogens with one attached hydrogen (secondary N) is 1. The van der Waals surface area contributed by atoms with Crippen LogP contribution in [-0.4, -0.2) is 31.8 Å². The molecule has 0 amide bonds. The van der Waals surface area contributed by atoms with Gasteiger partial charge in [0.05, 0.1) is 34.8 Å². The highest BCUT2D eigenvalue weighted by atomic mass is 32.2. The molecule has 1 aromatic carbocycles. The highest BCUT2D eigenvalue weighted by Gasteiger charge is 2.13. The van der Waals surface area contributed by atoms with Crippen LogP contribution in [0.2, 0.25) is 0 Å². The summed E-state index contributed by atoms with van der Waals surface area (Å²) in [5, 5.41) is 0.697. The van der Waals surface area contributed by atoms with E-state index in [0.29, 0.717) is 16.3 Å². The van der Waals surface area contributed by atoms with Crippen LogP contribution in [-0.2, 0) is 10.0 Å². The molecule has 0 spiro atoms. The second-order valence-electron chi connectivity index (χ2n) is 4.65. The molecule has 0 atom stereocenters. The SMILES string of the molecule is COc1ccc2sc(-c3cnccc3NS(C)(=O)=O)nc2c1. The van der Waals surface area contributed by atoms with E-state index in [1.807, 2.05) is 18.2 Å². The summed E-state index contributed by atoms with van der Waals surface area (Å²) in [6.45, 7) is 0. The minimum absolute atomic E-state index is 0.462. The van der Waals surface area contributed by atoms with Crippen molar-refractivity contribution >= 4 is 37.3 Å². The molecule has 8 heteroatoms. The molecular formula is C14H13N3O3S2. The van der Waals surface area contributed by atoms with Gasteiger partial charge in [-0.1, -0.05) is 0 Å². The van der Waals surface area contributed by atoms with Crippen molar-refractivity contribution in [2.24, 2.45) is 0 Å². The van der Waals surface area contributed by atoms with Gasteiger partial charge < -0.3 is 4.74 Å². The number of nitrogens with zero attached hydrogens (tertiary/aromatic N) is 2. The number of aromatic nitrogens is 2. The third-order valence-corrected chi connectivity index (χ3v) is 4.60. The van der Waals surface area contributed by atoms with Gasteiger partial charge in [0.1, 0.15) is 10.8 Å². The van der Waals surface area contributed by atoms with Crippen LogP contribution in [0, 0.1) is 0 Å². The number of methoxy groups -OCH3 is 1. The first-order valence-corrected chi connectivity index (χ1v) is 9.04. The van der Waals surface area contributed by atoms with Gasteiger partial charge in [-0.05, 0) is 18.2 Å². The number of sulfonamides is 1. The average Bonchev–Trinajstić information content (AvgIpc) is 2.88. The molecule has 0 fully saturated rings. The van der Waals surface area contributed by atoms with Gasteiger partial charge in [-0.2, -0.15) is 0 Å². The van der Waals surface area contributed by atoms with Crippen molar-refractivity contribution in [2.75, 3.05) is 18.1 Å². The van der Waals surface area contributed by atoms with Crippen LogP contribution < -0.4 is 9.46 Å². The Morgan fingerprint density at radius 2 is 2.09 bits per heavy atom. The Morgan fingerprint density at radius 1 is 1.27 bits per heavy atom. The third kappa shape index (κ3) is 3.02. The molecule has 0 saturated heterocycles. The molecule has 3 aromatic rings. The molecule has 114 valence electrons. The summed E-state index contributed by atoms with van der Waals surface area (Å²) in [6.07, 6.45) is 4.25. The summed E-state index contributed by atoms with van der Waals surface area (Å²) in [7, 11) is -1.77. The van der Waals surface area contributed by atoms with Gasteiger partial charge in [-0.3, -0.25) is 9.71 Å². The molecule has 22 heavy (non-hydrogen) atoms. The average molecular weight is 335 g/mol. The van der Waals surface area contributed by atoms with Gasteiger partial charge in [0.2, 0.25) is 10.0 Å². The number of ether oxygens (including phenoxy) is 1. The zero-order chi connectivity index (χ0) is 15.7. The van der Waals surface area contributed by atoms with E-state index < -0.39 is 10.0 Å². The van der Waals surface area contributed by atoms with Crippen LogP contribution >= 0.6 is 11.3 Å². The molecule has 0 radical (unpaired) electrons. The van der Waals surface area contributed by atoms with E-state index in [1.54, 1.807) is 19.4 Å². The van der Waals surface area contributed by atoms with Crippen molar-refractivity contribution in [3.05, 3.63) is 36.7 Å². The fourth-order valence-corrected chi connectivity index (χ4v) is 3.55. The van der Waals surface area contributed by atoms with E-state index in [-0.39, 0.29) is 0 Å². The van der Waals surface area contributed by atoms with Gasteiger partial charge in [0.15, 0.2) is 0 Å². The Balaban J connectivity index is 2.11. The fourth-order valence-electron chi connectivity index (χ4n) is 2.00. The number of pyridine rings is 1. The number of thiazole rings is 1. The highest BCUT2D eigenvalue weighted by molar-refractivity contribution is 7.92. The minimum atomic E-state index is -3.37. The molecule has 2 heterocycles. The van der Waals surface area contributed by atoms with Gasteiger partial charge in [0.25, 0.3) is 0 Å². The predicted octanol–water partition coefficient (Wildman–Crippen LogP) is 2.74. The third-order valence-electron chi connectivity index (χ3n) is 2.94. The second kappa shape index (κ2) is 5.54. The summed E-state index contributed by atoms with van der Waals surface area (Å²) in [4.78, 5) is 8.61. The topological polar surface area (TPSA) is 81.2 Å². The van der Waals surface area contributed by atoms with Crippen LogP contribution in [0.1, 0.15) is 0 Å². The van der Waals surface area contributed by atoms with Crippen molar-refractivity contribution < 1.29 is 13.2 Å². The largest absolute Gasteiger partial charge is 0.497 e. The molecule has 0 unspecified atom stereocenters. The van der Waals surface area contributed by atoms with Gasteiger partial charge in [-0.15, -0.1) is 11.3 Å². The summed E-state index contributed by atoms with van der Waals surface area (Å²) < 4.78 is 31.6. The first-order chi connectivity index (χ1) is 10.5. The zero-order valence-electron chi connectivity index (χ0n) is 11.9. The lowest BCUT2D eigenvalue weighted by atomic mass is 10.2. The maximum atomic E-state index is 11.5. The van der Waals surface area contributed by atoms with Gasteiger partial charge >= 0.3 is 0 Å². The molecule has 3 rings (SSSR count). The number of rotatable bonds is 4. The Bertz CT molecular complexity index is 935. The normalized spacial score (nSPS) is 11.5. The molecule has 0 bridgehead atoms. The summed E-state index contributed by atoms with van der Waals surface area (Å²) in [5.41, 5.74) is 1.91. The number of hydrogen-bond acceptors (Lipinski definition) is 6. The van der Waals surface area contributed by atoms with Crippen LogP contribution in [0.3, 0.4) is 0 Å². The summed E-state index contributed by atoms with van der Waals surface area (Å²) >= 11 is 1.47. The minimum Gasteiger partial charge on any atom is -0.497 e. The van der Waals surface area contributed by atoms with Gasteiger partial charge in [-0.25, -0.2) is 13.4 Å². The summed E-state index contributed by atoms with van der Waals surface area (Å²) in [6, 6.07) is 7.25. The van der Waals surface area contributed by atoms with Crippen molar-refractivity contribution in [1.82, 2.24) is 9.97 Å². The number of fused-ring (bicyclic) bond motifs is 1. The van der Waals surface area contributed by atoms with E-state index in [2.05, 4.69) is 14.7 Å². The quantitative estimate of drug-likeness (QED) is 0.793. The molecular weight excluding hydrogens is 322 g/mol. The Kier molecular flexibility index (Phi) is 3.71. The lowest BCUT2D eigenvalue weighted by Gasteiger charge is -2.07. The van der Waals surface area contributed by atoms with Crippen molar-refractivity contribution in [3.8, 4) is 16.3 Å². The lowest BCUT2D eigenvalue weighted by Crippen LogP contribution is -2.10. The molecule has 0 saturated carbocycles. The standard InChI is InChI=1S/C14H13N3O3S2/c1-20-9-3-4-13-12(7-9)16-14(21-13)10-8-15-6-5-11(10)17-22(2,18)19/h3-8H,1-2H3,(H,15,17). The second-order valence-corrected chi connectivity index (χ2v) is 7.43. The summed E-state index contributed by atoms with van der Waals surface area (Å²) in [5.74, 6) is 0.727. The van der Waals surface area contributed by atoms with Crippen molar-refractivity contribution in [2.45, 2.75) is 0 Å². The zero-order valence-corrected chi connectivity index (χ0v) is 13.5. The van der Waals surface area contributed by atoms with E-state index in [1.165, 1.54) is 17.5 Å². The number of hydrogen-bond donors (Lipinski definition) is 1. The van der Waals surface area contributed by atoms with Crippen molar-refractivity contribution in [1.29, 1.82) is 0 Å². The maximum Gasteiger partial charge on any atom is 0.229 e. The molecule has 2 aromatic heterocycles. The smallest absolute Gasteiger partial charge is 0.229 e. The molecule has 1 N–H and O–H groups in total. The maximum absolute atomic E-state index is 11.5. The lowest BCUT2D eigenvalue weighted by molar-refractivity contribution is 0.415. The first-order valence-electron chi connectivity index (χ1n) is 6.33. The van der Waals surface area contributed by atoms with Crippen LogP contribution in [0.15, 0.2) is 36.7 Å². The first kappa shape index (κ1) is 14.7. The molecule has 0 aliphatic carbocycles. The fraction of sp³-hybridized carbons (Fsp3) is 0.143. The van der Waals surface area contributed by atoms with E-state index >= 15 is 0 Å². The van der Waals surface area contributed by atoms with Crippen LogP contribution in [0.4, 0.5) is 5.69 Å². The van der Waals surface area contributed by atoms with E-state index in [4.69, 9.17) is 4.74 Å². The highest BCUT2D eigenvalue weighted by Crippen LogP contribution is 2.35. The van der Waals surface area contributed by atoms with Crippen molar-refractivity contribution in [3.63, 3.8) is 0 Å². The molecule has 0 aliphatic rings. The number of anilines is 1. The van der Waals surface area contributed by atoms with Crippen LogP contribution in [0.25, 0.3) is 20.8 Å². The van der Waals surface area contributed by atoms with E-state index in [0.717, 1.165) is 22.2 Å². The number of benzene rings is 1. The monoisotopic (exact) mass is 335 g/mol. The molecule has 6 nitrogen and oxygen atoms in total.